The van der Waals surface area contributed by atoms with Gasteiger partial charge >= 0.3 is 0 Å². The molecule has 1 N–H and O–H groups in total. The number of unbranched alkanes of at least 4 members (excludes halogenated alkanes) is 1. The Bertz CT molecular complexity index is 104. The van der Waals surface area contributed by atoms with Crippen LogP contribution in [0.15, 0.2) is 0 Å². The predicted molar refractivity (Wildman–Crippen MR) is 48.5 cm³/mol. The minimum absolute atomic E-state index is 0.0456. The highest BCUT2D eigenvalue weighted by Gasteiger charge is 2.25. The first kappa shape index (κ1) is 10.9. The zero-order valence-electron chi connectivity index (χ0n) is 8.24. The first-order valence-electron chi connectivity index (χ1n) is 4.58. The minimum Gasteiger partial charge on any atom is -0.634 e. The topological polar surface area (TPSA) is 27.5 Å². The molecule has 0 saturated heterocycles. The maximum absolute atomic E-state index is 11.2. The molecule has 0 aliphatic rings. The second kappa shape index (κ2) is 4.73. The molecule has 0 radical (unpaired) electrons. The van der Waals surface area contributed by atoms with Crippen LogP contribution in [0.25, 0.3) is 0 Å². The molecule has 0 heterocycles. The van der Waals surface area contributed by atoms with E-state index < -0.39 is 0 Å². The number of hydrogen-bond acceptors (Lipinski definition) is 1. The van der Waals surface area contributed by atoms with Gasteiger partial charge in [0.15, 0.2) is 0 Å². The Labute approximate surface area is 70.2 Å². The van der Waals surface area contributed by atoms with Gasteiger partial charge in [0.25, 0.3) is 0 Å². The zero-order chi connectivity index (χ0) is 8.91. The third-order valence-corrected chi connectivity index (χ3v) is 2.71. The van der Waals surface area contributed by atoms with E-state index in [0.29, 0.717) is 5.06 Å². The molecule has 0 aliphatic carbocycles. The highest BCUT2D eigenvalue weighted by atomic mass is 16.5. The fraction of sp³-hybridized carbons (Fsp3) is 1.00. The summed E-state index contributed by atoms with van der Waals surface area (Å²) in [5.41, 5.74) is -0.0456. The Balaban J connectivity index is 3.88. The number of nitrogens with one attached hydrogen (secondary N) is 1. The van der Waals surface area contributed by atoms with Crippen molar-refractivity contribution in [3.8, 4) is 0 Å². The van der Waals surface area contributed by atoms with Crippen LogP contribution in [0.2, 0.25) is 0 Å². The highest BCUT2D eigenvalue weighted by Crippen LogP contribution is 2.13. The van der Waals surface area contributed by atoms with Crippen molar-refractivity contribution in [3.05, 3.63) is 5.21 Å². The van der Waals surface area contributed by atoms with Crippen molar-refractivity contribution in [3.63, 3.8) is 0 Å². The molecule has 0 amide bonds. The lowest BCUT2D eigenvalue weighted by molar-refractivity contribution is -0.884. The van der Waals surface area contributed by atoms with E-state index in [9.17, 15) is 5.21 Å². The third kappa shape index (κ3) is 3.21. The molecule has 0 aromatic heterocycles. The van der Waals surface area contributed by atoms with E-state index in [1.807, 2.05) is 0 Å². The normalized spacial score (nSPS) is 19.4. The molecule has 0 aromatic rings. The Hall–Kier alpha value is -0.0800. The van der Waals surface area contributed by atoms with Crippen molar-refractivity contribution < 1.29 is 5.06 Å². The van der Waals surface area contributed by atoms with Gasteiger partial charge in [0, 0.05) is 6.42 Å². The van der Waals surface area contributed by atoms with Gasteiger partial charge in [-0.3, -0.25) is 0 Å². The molecule has 2 atom stereocenters. The van der Waals surface area contributed by atoms with Gasteiger partial charge < -0.3 is 10.3 Å². The van der Waals surface area contributed by atoms with Crippen LogP contribution in [0.5, 0.6) is 0 Å². The van der Waals surface area contributed by atoms with Gasteiger partial charge in [-0.25, -0.2) is 0 Å². The summed E-state index contributed by atoms with van der Waals surface area (Å²) < 4.78 is 0. The van der Waals surface area contributed by atoms with Crippen molar-refractivity contribution in [2.24, 2.45) is 0 Å². The van der Waals surface area contributed by atoms with Crippen molar-refractivity contribution >= 4 is 0 Å². The van der Waals surface area contributed by atoms with Crippen molar-refractivity contribution in [2.45, 2.75) is 52.0 Å². The van der Waals surface area contributed by atoms with Gasteiger partial charge in [-0.1, -0.05) is 20.3 Å². The van der Waals surface area contributed by atoms with Gasteiger partial charge in [-0.2, -0.15) is 0 Å². The Morgan fingerprint density at radius 3 is 2.18 bits per heavy atom. The van der Waals surface area contributed by atoms with Crippen LogP contribution in [0.4, 0.5) is 0 Å². The van der Waals surface area contributed by atoms with Crippen molar-refractivity contribution in [2.75, 3.05) is 7.05 Å². The van der Waals surface area contributed by atoms with Gasteiger partial charge in [-0.05, 0) is 19.8 Å². The standard InChI is InChI=1S/C9H21NO/c1-5-7-8-9(3,6-2)10(4)11/h10H,5-8H2,1-4H3. The lowest BCUT2D eigenvalue weighted by Crippen LogP contribution is -3.12. The predicted octanol–water partition coefficient (Wildman–Crippen LogP) is 1.36. The summed E-state index contributed by atoms with van der Waals surface area (Å²) in [6.07, 6.45) is 4.38. The zero-order valence-corrected chi connectivity index (χ0v) is 8.24. The third-order valence-electron chi connectivity index (χ3n) is 2.71. The molecule has 0 bridgehead atoms. The van der Waals surface area contributed by atoms with Crippen LogP contribution in [0, 0.1) is 5.21 Å². The van der Waals surface area contributed by atoms with Crippen LogP contribution in [0.1, 0.15) is 46.5 Å². The monoisotopic (exact) mass is 159 g/mol. The molecule has 2 nitrogen and oxygen atoms in total. The number of rotatable bonds is 5. The average Bonchev–Trinajstić information content (AvgIpc) is 2.00. The first-order valence-corrected chi connectivity index (χ1v) is 4.58. The molecule has 0 fully saturated rings. The van der Waals surface area contributed by atoms with E-state index in [0.717, 1.165) is 12.8 Å². The van der Waals surface area contributed by atoms with Gasteiger partial charge in [0.05, 0.1) is 12.6 Å². The number of quaternary nitrogens is 1. The van der Waals surface area contributed by atoms with Crippen LogP contribution in [-0.4, -0.2) is 12.6 Å². The average molecular weight is 159 g/mol. The first-order chi connectivity index (χ1) is 5.06. The largest absolute Gasteiger partial charge is 0.634 e. The molecule has 0 saturated carbocycles. The quantitative estimate of drug-likeness (QED) is 0.603. The smallest absolute Gasteiger partial charge is 0.0940 e. The van der Waals surface area contributed by atoms with Crippen LogP contribution in [-0.2, 0) is 0 Å². The molecule has 0 spiro atoms. The SMILES string of the molecule is CCCCC(C)(CC)[NH+](C)[O-]. The van der Waals surface area contributed by atoms with Gasteiger partial charge in [-0.15, -0.1) is 0 Å². The maximum atomic E-state index is 11.2. The molecule has 0 aromatic carbocycles. The van der Waals surface area contributed by atoms with Crippen molar-refractivity contribution in [1.82, 2.24) is 0 Å². The number of hydrogen-bond donors (Lipinski definition) is 1. The van der Waals surface area contributed by atoms with E-state index in [-0.39, 0.29) is 5.54 Å². The van der Waals surface area contributed by atoms with E-state index in [2.05, 4.69) is 20.8 Å². The summed E-state index contributed by atoms with van der Waals surface area (Å²) in [7, 11) is 1.71. The van der Waals surface area contributed by atoms with Gasteiger partial charge in [0.2, 0.25) is 0 Å². The fourth-order valence-corrected chi connectivity index (χ4v) is 1.17. The summed E-state index contributed by atoms with van der Waals surface area (Å²) in [6, 6.07) is 0. The Morgan fingerprint density at radius 2 is 1.91 bits per heavy atom. The van der Waals surface area contributed by atoms with Crippen molar-refractivity contribution in [1.29, 1.82) is 0 Å². The Kier molecular flexibility index (Phi) is 4.69. The summed E-state index contributed by atoms with van der Waals surface area (Å²) in [5.74, 6) is 0. The summed E-state index contributed by atoms with van der Waals surface area (Å²) in [5, 5.41) is 11.5. The minimum atomic E-state index is -0.0456. The molecule has 0 aliphatic heterocycles. The maximum Gasteiger partial charge on any atom is 0.0940 e. The molecule has 2 unspecified atom stereocenters. The van der Waals surface area contributed by atoms with Crippen LogP contribution < -0.4 is 5.06 Å². The van der Waals surface area contributed by atoms with Gasteiger partial charge in [0.1, 0.15) is 0 Å². The number of hydroxylamine groups is 2. The highest BCUT2D eigenvalue weighted by molar-refractivity contribution is 4.70. The lowest BCUT2D eigenvalue weighted by Gasteiger charge is -2.37. The molecule has 68 valence electrons. The van der Waals surface area contributed by atoms with Crippen LogP contribution in [0.3, 0.4) is 0 Å². The van der Waals surface area contributed by atoms with E-state index >= 15 is 0 Å². The molecular weight excluding hydrogens is 138 g/mol. The Morgan fingerprint density at radius 1 is 1.36 bits per heavy atom. The summed E-state index contributed by atoms with van der Waals surface area (Å²) in [4.78, 5) is 0. The van der Waals surface area contributed by atoms with E-state index in [4.69, 9.17) is 0 Å². The van der Waals surface area contributed by atoms with E-state index in [1.165, 1.54) is 12.8 Å². The van der Waals surface area contributed by atoms with E-state index in [1.54, 1.807) is 7.05 Å². The summed E-state index contributed by atoms with van der Waals surface area (Å²) >= 11 is 0. The fourth-order valence-electron chi connectivity index (χ4n) is 1.17. The molecular formula is C9H21NO. The lowest BCUT2D eigenvalue weighted by atomic mass is 9.92. The summed E-state index contributed by atoms with van der Waals surface area (Å²) in [6.45, 7) is 6.33. The second-order valence-electron chi connectivity index (χ2n) is 3.57. The van der Waals surface area contributed by atoms with Crippen LogP contribution >= 0.6 is 0 Å². The molecule has 0 rings (SSSR count). The molecule has 11 heavy (non-hydrogen) atoms. The molecule has 2 heteroatoms. The second-order valence-corrected chi connectivity index (χ2v) is 3.57.